The van der Waals surface area contributed by atoms with E-state index in [0.29, 0.717) is 12.8 Å². The van der Waals surface area contributed by atoms with Crippen LogP contribution in [0, 0.1) is 0 Å². The lowest BCUT2D eigenvalue weighted by molar-refractivity contribution is -0.141. The second kappa shape index (κ2) is 5.73. The average molecular weight is 217 g/mol. The molecule has 0 aliphatic carbocycles. The highest BCUT2D eigenvalue weighted by Gasteiger charge is 2.26. The molecule has 0 saturated heterocycles. The van der Waals surface area contributed by atoms with Gasteiger partial charge >= 0.3 is 5.97 Å². The first-order valence-corrected chi connectivity index (χ1v) is 5.16. The molecule has 0 aliphatic heterocycles. The molecular weight excluding hydrogens is 197 g/mol. The summed E-state index contributed by atoms with van der Waals surface area (Å²) in [4.78, 5) is 11.2. The molecule has 0 bridgehead atoms. The number of nitrogens with two attached hydrogens (primary N) is 1. The molecule has 2 N–H and O–H groups in total. The maximum Gasteiger partial charge on any atom is 0.332 e. The number of hydrogen-bond acceptors (Lipinski definition) is 3. The minimum atomic E-state index is -1.63. The fraction of sp³-hybridized carbons (Fsp3) is 0.727. The SMILES string of the molecule is CCCC(C)(F)C(N)=CC(=O)OC(C)C. The molecule has 0 amide bonds. The van der Waals surface area contributed by atoms with Crippen LogP contribution < -0.4 is 5.73 Å². The van der Waals surface area contributed by atoms with Crippen LogP contribution in [0.15, 0.2) is 11.8 Å². The summed E-state index contributed by atoms with van der Waals surface area (Å²) in [5.41, 5.74) is 3.79. The Bertz CT molecular complexity index is 247. The van der Waals surface area contributed by atoms with Gasteiger partial charge in [-0.25, -0.2) is 9.18 Å². The van der Waals surface area contributed by atoms with E-state index in [1.165, 1.54) is 6.92 Å². The molecule has 1 unspecified atom stereocenters. The number of carbonyl (C=O) groups excluding carboxylic acids is 1. The molecule has 0 aromatic rings. The van der Waals surface area contributed by atoms with Crippen LogP contribution in [-0.2, 0) is 9.53 Å². The minimum absolute atomic E-state index is 0.0741. The molecule has 0 heterocycles. The first kappa shape index (κ1) is 13.9. The molecule has 0 fully saturated rings. The molecule has 0 rings (SSSR count). The molecule has 0 spiro atoms. The highest BCUT2D eigenvalue weighted by Crippen LogP contribution is 2.23. The van der Waals surface area contributed by atoms with Crippen LogP contribution in [0.25, 0.3) is 0 Å². The Morgan fingerprint density at radius 2 is 2.13 bits per heavy atom. The van der Waals surface area contributed by atoms with Crippen LogP contribution in [0.4, 0.5) is 4.39 Å². The normalized spacial score (nSPS) is 16.3. The van der Waals surface area contributed by atoms with E-state index in [2.05, 4.69) is 0 Å². The van der Waals surface area contributed by atoms with Crippen molar-refractivity contribution in [1.82, 2.24) is 0 Å². The predicted octanol–water partition coefficient (Wildman–Crippen LogP) is 2.31. The summed E-state index contributed by atoms with van der Waals surface area (Å²) >= 11 is 0. The van der Waals surface area contributed by atoms with Crippen molar-refractivity contribution in [2.45, 2.75) is 52.3 Å². The van der Waals surface area contributed by atoms with Gasteiger partial charge in [0.2, 0.25) is 0 Å². The number of ether oxygens (including phenoxy) is 1. The predicted molar refractivity (Wildman–Crippen MR) is 57.9 cm³/mol. The smallest absolute Gasteiger partial charge is 0.332 e. The minimum Gasteiger partial charge on any atom is -0.460 e. The molecule has 4 heteroatoms. The monoisotopic (exact) mass is 217 g/mol. The summed E-state index contributed by atoms with van der Waals surface area (Å²) in [6.45, 7) is 6.67. The molecule has 0 aromatic carbocycles. The van der Waals surface area contributed by atoms with Gasteiger partial charge in [-0.3, -0.25) is 0 Å². The Labute approximate surface area is 90.5 Å². The second-order valence-electron chi connectivity index (χ2n) is 4.03. The van der Waals surface area contributed by atoms with Gasteiger partial charge in [0.05, 0.1) is 11.8 Å². The average Bonchev–Trinajstić information content (AvgIpc) is 2.01. The van der Waals surface area contributed by atoms with Crippen LogP contribution in [0.3, 0.4) is 0 Å². The van der Waals surface area contributed by atoms with E-state index in [1.807, 2.05) is 6.92 Å². The van der Waals surface area contributed by atoms with Crippen LogP contribution in [0.2, 0.25) is 0 Å². The van der Waals surface area contributed by atoms with Gasteiger partial charge in [-0.1, -0.05) is 13.3 Å². The summed E-state index contributed by atoms with van der Waals surface area (Å²) in [5, 5.41) is 0. The zero-order valence-corrected chi connectivity index (χ0v) is 9.84. The largest absolute Gasteiger partial charge is 0.460 e. The number of rotatable bonds is 5. The summed E-state index contributed by atoms with van der Waals surface area (Å²) in [6, 6.07) is 0. The van der Waals surface area contributed by atoms with Gasteiger partial charge in [-0.15, -0.1) is 0 Å². The maximum atomic E-state index is 13.8. The van der Waals surface area contributed by atoms with E-state index < -0.39 is 11.6 Å². The van der Waals surface area contributed by atoms with Crippen molar-refractivity contribution in [3.63, 3.8) is 0 Å². The standard InChI is InChI=1S/C11H20FNO2/c1-5-6-11(4,12)9(13)7-10(14)15-8(2)3/h7-8H,5-6,13H2,1-4H3. The molecule has 0 saturated carbocycles. The third kappa shape index (κ3) is 5.40. The molecule has 0 radical (unpaired) electrons. The molecule has 1 atom stereocenters. The van der Waals surface area contributed by atoms with Gasteiger partial charge in [-0.05, 0) is 27.2 Å². The Morgan fingerprint density at radius 1 is 1.60 bits per heavy atom. The Morgan fingerprint density at radius 3 is 2.53 bits per heavy atom. The highest BCUT2D eigenvalue weighted by atomic mass is 19.1. The first-order valence-electron chi connectivity index (χ1n) is 5.16. The van der Waals surface area contributed by atoms with Crippen molar-refractivity contribution in [2.75, 3.05) is 0 Å². The van der Waals surface area contributed by atoms with E-state index in [4.69, 9.17) is 10.5 Å². The molecular formula is C11H20FNO2. The van der Waals surface area contributed by atoms with E-state index in [-0.39, 0.29) is 11.8 Å². The Hall–Kier alpha value is -1.06. The van der Waals surface area contributed by atoms with E-state index >= 15 is 0 Å². The van der Waals surface area contributed by atoms with E-state index in [0.717, 1.165) is 6.08 Å². The maximum absolute atomic E-state index is 13.8. The van der Waals surface area contributed by atoms with Crippen molar-refractivity contribution >= 4 is 5.97 Å². The van der Waals surface area contributed by atoms with E-state index in [1.54, 1.807) is 13.8 Å². The van der Waals surface area contributed by atoms with Crippen LogP contribution in [-0.4, -0.2) is 17.7 Å². The summed E-state index contributed by atoms with van der Waals surface area (Å²) in [5.74, 6) is -0.595. The molecule has 3 nitrogen and oxygen atoms in total. The number of hydrogen-bond donors (Lipinski definition) is 1. The lowest BCUT2D eigenvalue weighted by atomic mass is 9.98. The van der Waals surface area contributed by atoms with Gasteiger partial charge in [0.15, 0.2) is 0 Å². The summed E-state index contributed by atoms with van der Waals surface area (Å²) in [6.07, 6.45) is 1.76. The van der Waals surface area contributed by atoms with Gasteiger partial charge < -0.3 is 10.5 Å². The van der Waals surface area contributed by atoms with Gasteiger partial charge in [-0.2, -0.15) is 0 Å². The summed E-state index contributed by atoms with van der Waals surface area (Å²) < 4.78 is 18.6. The first-order chi connectivity index (χ1) is 6.79. The quantitative estimate of drug-likeness (QED) is 0.568. The third-order valence-electron chi connectivity index (χ3n) is 1.95. The van der Waals surface area contributed by atoms with Crippen molar-refractivity contribution in [3.05, 3.63) is 11.8 Å². The van der Waals surface area contributed by atoms with Gasteiger partial charge in [0, 0.05) is 6.08 Å². The number of esters is 1. The van der Waals surface area contributed by atoms with Crippen LogP contribution in [0.5, 0.6) is 0 Å². The third-order valence-corrected chi connectivity index (χ3v) is 1.95. The highest BCUT2D eigenvalue weighted by molar-refractivity contribution is 5.83. The number of alkyl halides is 1. The van der Waals surface area contributed by atoms with Crippen molar-refractivity contribution in [3.8, 4) is 0 Å². The van der Waals surface area contributed by atoms with Crippen molar-refractivity contribution in [1.29, 1.82) is 0 Å². The fourth-order valence-corrected chi connectivity index (χ4v) is 1.16. The van der Waals surface area contributed by atoms with Crippen LogP contribution in [0.1, 0.15) is 40.5 Å². The zero-order chi connectivity index (χ0) is 12.1. The topological polar surface area (TPSA) is 52.3 Å². The second-order valence-corrected chi connectivity index (χ2v) is 4.03. The van der Waals surface area contributed by atoms with Crippen molar-refractivity contribution < 1.29 is 13.9 Å². The van der Waals surface area contributed by atoms with Gasteiger partial charge in [0.1, 0.15) is 5.67 Å². The molecule has 0 aliphatic rings. The number of halogens is 1. The zero-order valence-electron chi connectivity index (χ0n) is 9.84. The summed E-state index contributed by atoms with van der Waals surface area (Å²) in [7, 11) is 0. The molecule has 0 aromatic heterocycles. The van der Waals surface area contributed by atoms with E-state index in [9.17, 15) is 9.18 Å². The van der Waals surface area contributed by atoms with Gasteiger partial charge in [0.25, 0.3) is 0 Å². The lowest BCUT2D eigenvalue weighted by Gasteiger charge is -2.19. The fourth-order valence-electron chi connectivity index (χ4n) is 1.16. The molecule has 88 valence electrons. The lowest BCUT2D eigenvalue weighted by Crippen LogP contribution is -2.28. The molecule has 15 heavy (non-hydrogen) atoms. The van der Waals surface area contributed by atoms with Crippen LogP contribution >= 0.6 is 0 Å². The van der Waals surface area contributed by atoms with Crippen molar-refractivity contribution in [2.24, 2.45) is 5.73 Å². The Kier molecular flexibility index (Phi) is 5.33. The Balaban J connectivity index is 4.47. The number of allylic oxidation sites excluding steroid dienone is 1. The number of carbonyl (C=O) groups is 1.